The maximum Gasteiger partial charge on any atom is 0.338 e. The number of thiophene rings is 2. The van der Waals surface area contributed by atoms with Gasteiger partial charge in [-0.1, -0.05) is 74.1 Å². The Morgan fingerprint density at radius 1 is 0.675 bits per heavy atom. The molecule has 428 valence electrons. The van der Waals surface area contributed by atoms with Crippen molar-refractivity contribution in [2.45, 2.75) is 115 Å². The summed E-state index contributed by atoms with van der Waals surface area (Å²) in [6.45, 7) is 40.3. The first-order valence-electron chi connectivity index (χ1n) is 25.5. The van der Waals surface area contributed by atoms with E-state index in [2.05, 4.69) is 81.6 Å². The van der Waals surface area contributed by atoms with E-state index in [4.69, 9.17) is 39.0 Å². The molecule has 0 saturated heterocycles. The van der Waals surface area contributed by atoms with Gasteiger partial charge in [0.25, 0.3) is 0 Å². The van der Waals surface area contributed by atoms with Gasteiger partial charge >= 0.3 is 17.9 Å². The maximum atomic E-state index is 11.5. The average molecular weight is 1130 g/mol. The normalized spacial score (nSPS) is 11.3. The number of unbranched alkanes of at least 4 members (excludes halogenated alkanes) is 6. The van der Waals surface area contributed by atoms with Gasteiger partial charge in [0.2, 0.25) is 16.4 Å². The van der Waals surface area contributed by atoms with Gasteiger partial charge in [-0.2, -0.15) is 25.7 Å². The van der Waals surface area contributed by atoms with Gasteiger partial charge in [0.1, 0.15) is 22.7 Å². The lowest BCUT2D eigenvalue weighted by molar-refractivity contribution is -0.150. The molecule has 1 N–H and O–H groups in total. The molecule has 0 saturated carbocycles. The van der Waals surface area contributed by atoms with Gasteiger partial charge < -0.3 is 33.9 Å². The molecule has 0 unspecified atom stereocenters. The van der Waals surface area contributed by atoms with Crippen LogP contribution in [0.5, 0.6) is 0 Å². The van der Waals surface area contributed by atoms with E-state index in [1.54, 1.807) is 13.8 Å². The number of ether oxygens (including phenoxy) is 4. The molecule has 19 nitrogen and oxygen atoms in total. The van der Waals surface area contributed by atoms with Crippen LogP contribution in [0, 0.1) is 58.7 Å². The Labute approximate surface area is 480 Å². The van der Waals surface area contributed by atoms with Crippen LogP contribution in [0.25, 0.3) is 14.5 Å². The smallest absolute Gasteiger partial charge is 0.338 e. The van der Waals surface area contributed by atoms with E-state index >= 15 is 0 Å². The Bertz CT molecular complexity index is 2910. The Morgan fingerprint density at radius 2 is 1.18 bits per heavy atom. The number of anilines is 2. The SMILES string of the molecule is C.C.O=C1C=CC(=O)O1.[C-]#[N+]c1c(N=Nc2ccc(N(CCCCCC)CCOCCOC(=O)/C=C\C(C)=O)cc2C)sc(C#N)c1C.[C-]#[N+]c1sc(N=Nc2ccc(N(CCCCCC)CCOCCO)cc2C)c([N+]#[C-])c1C. The largest absolute Gasteiger partial charge is 0.460 e. The lowest BCUT2D eigenvalue weighted by Crippen LogP contribution is -2.29. The van der Waals surface area contributed by atoms with Crippen LogP contribution in [0.15, 0.2) is 81.2 Å². The zero-order valence-electron chi connectivity index (χ0n) is 45.5. The molecule has 80 heavy (non-hydrogen) atoms. The molecule has 2 aromatic heterocycles. The van der Waals surface area contributed by atoms with Crippen molar-refractivity contribution in [2.24, 2.45) is 20.5 Å². The summed E-state index contributed by atoms with van der Waals surface area (Å²) in [4.78, 5) is 57.8. The molecule has 4 aromatic rings. The summed E-state index contributed by atoms with van der Waals surface area (Å²) in [5.41, 5.74) is 7.61. The van der Waals surface area contributed by atoms with Gasteiger partial charge in [0.05, 0.1) is 69.0 Å². The summed E-state index contributed by atoms with van der Waals surface area (Å²) in [6, 6.07) is 14.2. The van der Waals surface area contributed by atoms with Crippen LogP contribution in [0.4, 0.5) is 49.1 Å². The van der Waals surface area contributed by atoms with Gasteiger partial charge in [0, 0.05) is 55.8 Å². The Morgan fingerprint density at radius 3 is 1.60 bits per heavy atom. The van der Waals surface area contributed by atoms with E-state index in [0.717, 1.165) is 91.7 Å². The van der Waals surface area contributed by atoms with Crippen LogP contribution in [0.2, 0.25) is 0 Å². The van der Waals surface area contributed by atoms with Gasteiger partial charge in [-0.05, 0) is 105 Å². The molecular formula is C59H76N10O9S2. The second kappa shape index (κ2) is 39.6. The van der Waals surface area contributed by atoms with Crippen molar-refractivity contribution in [2.75, 3.05) is 75.6 Å². The summed E-state index contributed by atoms with van der Waals surface area (Å²) in [6.07, 6.45) is 13.8. The first-order valence-corrected chi connectivity index (χ1v) is 27.2. The average Bonchev–Trinajstić information content (AvgIpc) is 4.09. The predicted molar refractivity (Wildman–Crippen MR) is 318 cm³/mol. The Hall–Kier alpha value is -7.76. The molecule has 0 atom stereocenters. The highest BCUT2D eigenvalue weighted by atomic mass is 32.1. The fourth-order valence-corrected chi connectivity index (χ4v) is 8.95. The highest BCUT2D eigenvalue weighted by Gasteiger charge is 2.17. The van der Waals surface area contributed by atoms with Crippen LogP contribution >= 0.6 is 22.7 Å². The first-order chi connectivity index (χ1) is 37.6. The third-order valence-corrected chi connectivity index (χ3v) is 13.6. The van der Waals surface area contributed by atoms with Gasteiger partial charge in [0.15, 0.2) is 5.78 Å². The molecule has 0 aliphatic carbocycles. The molecule has 3 heterocycles. The van der Waals surface area contributed by atoms with E-state index in [0.29, 0.717) is 74.4 Å². The van der Waals surface area contributed by atoms with Crippen molar-refractivity contribution < 1.29 is 43.2 Å². The van der Waals surface area contributed by atoms with Crippen molar-refractivity contribution in [3.63, 3.8) is 0 Å². The second-order valence-electron chi connectivity index (χ2n) is 17.4. The number of hydrogen-bond donors (Lipinski definition) is 1. The highest BCUT2D eigenvalue weighted by Crippen LogP contribution is 2.47. The topological polar surface area (TPSA) is 218 Å². The number of rotatable bonds is 29. The molecule has 0 spiro atoms. The molecule has 1 aliphatic rings. The quantitative estimate of drug-likeness (QED) is 0.0134. The van der Waals surface area contributed by atoms with Gasteiger partial charge in [-0.25, -0.2) is 28.9 Å². The minimum absolute atomic E-state index is 0. The number of cyclic esters (lactones) is 2. The number of nitrogens with zero attached hydrogens (tertiary/aromatic N) is 10. The molecular weight excluding hydrogens is 1060 g/mol. The number of aliphatic hydroxyl groups excluding tert-OH is 1. The molecule has 21 heteroatoms. The molecule has 2 aromatic carbocycles. The van der Waals surface area contributed by atoms with Crippen LogP contribution in [-0.4, -0.2) is 94.6 Å². The number of aliphatic hydroxyl groups is 1. The number of aryl methyl sites for hydroxylation is 2. The predicted octanol–water partition coefficient (Wildman–Crippen LogP) is 15.5. The lowest BCUT2D eigenvalue weighted by atomic mass is 10.1. The van der Waals surface area contributed by atoms with Gasteiger partial charge in [-0.3, -0.25) is 4.79 Å². The van der Waals surface area contributed by atoms with Crippen LogP contribution < -0.4 is 9.80 Å². The summed E-state index contributed by atoms with van der Waals surface area (Å²) >= 11 is 2.38. The van der Waals surface area contributed by atoms with E-state index in [9.17, 15) is 24.4 Å². The van der Waals surface area contributed by atoms with E-state index in [1.165, 1.54) is 61.4 Å². The monoisotopic (exact) mass is 1130 g/mol. The Balaban J connectivity index is 0.000000704. The zero-order chi connectivity index (χ0) is 57.2. The number of hydrogen-bond acceptors (Lipinski definition) is 18. The lowest BCUT2D eigenvalue weighted by Gasteiger charge is -2.25. The number of carbonyl (C=O) groups is 4. The molecule has 5 rings (SSSR count). The second-order valence-corrected chi connectivity index (χ2v) is 19.4. The summed E-state index contributed by atoms with van der Waals surface area (Å²) in [7, 11) is 0. The minimum Gasteiger partial charge on any atom is -0.460 e. The van der Waals surface area contributed by atoms with E-state index < -0.39 is 17.9 Å². The van der Waals surface area contributed by atoms with Gasteiger partial charge in [-0.15, -0.1) is 22.7 Å². The summed E-state index contributed by atoms with van der Waals surface area (Å²) in [5.74, 6) is -1.94. The number of ketones is 1. The summed E-state index contributed by atoms with van der Waals surface area (Å²) < 4.78 is 20.2. The number of benzene rings is 2. The number of allylic oxidation sites excluding steroid dienone is 1. The van der Waals surface area contributed by atoms with Crippen molar-refractivity contribution in [3.05, 3.63) is 122 Å². The molecule has 0 fully saturated rings. The fourth-order valence-electron chi connectivity index (χ4n) is 7.23. The minimum atomic E-state index is -0.579. The van der Waals surface area contributed by atoms with Crippen molar-refractivity contribution in [1.29, 1.82) is 5.26 Å². The third kappa shape index (κ3) is 24.5. The number of carbonyl (C=O) groups excluding carboxylic acids is 4. The maximum absolute atomic E-state index is 11.5. The summed E-state index contributed by atoms with van der Waals surface area (Å²) in [5, 5.41) is 36.9. The first kappa shape index (κ1) is 70.3. The van der Waals surface area contributed by atoms with Crippen molar-refractivity contribution in [3.8, 4) is 6.07 Å². The van der Waals surface area contributed by atoms with E-state index in [-0.39, 0.29) is 40.5 Å². The zero-order valence-corrected chi connectivity index (χ0v) is 47.1. The van der Waals surface area contributed by atoms with E-state index in [1.807, 2.05) is 38.1 Å². The molecule has 0 amide bonds. The van der Waals surface area contributed by atoms with Crippen LogP contribution in [0.1, 0.15) is 114 Å². The van der Waals surface area contributed by atoms with Crippen molar-refractivity contribution >= 4 is 95.5 Å². The van der Waals surface area contributed by atoms with Crippen molar-refractivity contribution in [1.82, 2.24) is 0 Å². The number of nitriles is 1. The van der Waals surface area contributed by atoms with Crippen LogP contribution in [-0.2, 0) is 38.1 Å². The molecule has 1 aliphatic heterocycles. The van der Waals surface area contributed by atoms with Crippen LogP contribution in [0.3, 0.4) is 0 Å². The number of azo groups is 2. The standard InChI is InChI=1S/C29H35N5O4S.C24H31N5O2S.C4H2O3.2CH4/c1-6-7-8-9-14-34(15-16-37-17-18-38-27(36)13-10-22(3)35)24-11-12-25(21(2)19-24)32-33-29-28(31-5)23(4)26(20-30)39-29;1-6-7-8-9-12-29(13-15-31-16-14-30)20-10-11-21(18(2)17-20)27-28-24-22(25-4)19(3)23(26-5)32-24;5-3-1-2-4(6)7-3;;/h10-13,19H,6-9,14-18H2,1-4H3;10-11,17,30H,6-9,12-16H2,1-3H3;1-2H;2*1H4/b13-10-,33-32?;;;;. The third-order valence-electron chi connectivity index (χ3n) is 11.5. The molecule has 0 bridgehead atoms. The number of esters is 3. The fraction of sp³-hybridized carbons (Fsp3) is 0.458. The molecule has 0 radical (unpaired) electrons. The highest BCUT2D eigenvalue weighted by molar-refractivity contribution is 7.20. The Kier molecular flexibility index (Phi) is 34.8.